The van der Waals surface area contributed by atoms with Gasteiger partial charge in [-0.05, 0) is 32.6 Å². The second-order valence-corrected chi connectivity index (χ2v) is 4.62. The largest absolute Gasteiger partial charge is 0.475 e. The molecule has 1 aliphatic rings. The molecule has 0 amide bonds. The average Bonchev–Trinajstić information content (AvgIpc) is 2.99. The minimum atomic E-state index is -0.262. The van der Waals surface area contributed by atoms with Crippen molar-refractivity contribution in [2.45, 2.75) is 45.3 Å². The van der Waals surface area contributed by atoms with E-state index < -0.39 is 0 Å². The second kappa shape index (κ2) is 4.78. The van der Waals surface area contributed by atoms with Gasteiger partial charge in [-0.3, -0.25) is 0 Å². The van der Waals surface area contributed by atoms with E-state index in [1.807, 2.05) is 19.9 Å². The summed E-state index contributed by atoms with van der Waals surface area (Å²) in [6.07, 6.45) is 4.22. The molecule has 1 aromatic heterocycles. The molecule has 0 radical (unpaired) electrons. The van der Waals surface area contributed by atoms with Gasteiger partial charge >= 0.3 is 0 Å². The Morgan fingerprint density at radius 3 is 2.81 bits per heavy atom. The lowest BCUT2D eigenvalue weighted by molar-refractivity contribution is 0.150. The first-order valence-electron chi connectivity index (χ1n) is 5.81. The van der Waals surface area contributed by atoms with Crippen LogP contribution < -0.4 is 4.74 Å². The van der Waals surface area contributed by atoms with Crippen LogP contribution >= 0.6 is 0 Å². The van der Waals surface area contributed by atoms with E-state index in [4.69, 9.17) is 4.74 Å². The third-order valence-corrected chi connectivity index (χ3v) is 2.64. The van der Waals surface area contributed by atoms with Gasteiger partial charge in [0.25, 0.3) is 0 Å². The fraction of sp³-hybridized carbons (Fsp3) is 0.667. The van der Waals surface area contributed by atoms with Crippen LogP contribution in [-0.2, 0) is 6.42 Å². The number of hydrogen-bond acceptors (Lipinski definition) is 4. The van der Waals surface area contributed by atoms with Crippen LogP contribution in [0.2, 0.25) is 0 Å². The van der Waals surface area contributed by atoms with Crippen LogP contribution in [0.1, 0.15) is 32.4 Å². The Labute approximate surface area is 95.7 Å². The molecule has 1 unspecified atom stereocenters. The predicted octanol–water partition coefficient (Wildman–Crippen LogP) is 1.58. The van der Waals surface area contributed by atoms with Gasteiger partial charge in [0.05, 0.1) is 17.9 Å². The molecule has 4 heteroatoms. The van der Waals surface area contributed by atoms with Crippen molar-refractivity contribution in [3.8, 4) is 5.88 Å². The number of rotatable bonds is 5. The van der Waals surface area contributed by atoms with Crippen LogP contribution in [0.3, 0.4) is 0 Å². The first kappa shape index (κ1) is 11.3. The van der Waals surface area contributed by atoms with E-state index in [1.54, 1.807) is 0 Å². The third kappa shape index (κ3) is 3.17. The fourth-order valence-electron chi connectivity index (χ4n) is 1.66. The van der Waals surface area contributed by atoms with Crippen molar-refractivity contribution in [3.63, 3.8) is 0 Å². The second-order valence-electron chi connectivity index (χ2n) is 4.62. The molecule has 2 rings (SSSR count). The van der Waals surface area contributed by atoms with Gasteiger partial charge < -0.3 is 9.84 Å². The summed E-state index contributed by atoms with van der Waals surface area (Å²) in [4.78, 5) is 8.18. The van der Waals surface area contributed by atoms with E-state index in [0.29, 0.717) is 18.2 Å². The maximum atomic E-state index is 9.81. The molecule has 0 aromatic carbocycles. The Morgan fingerprint density at radius 2 is 2.19 bits per heavy atom. The molecule has 1 heterocycles. The van der Waals surface area contributed by atoms with Gasteiger partial charge in [0.15, 0.2) is 0 Å². The van der Waals surface area contributed by atoms with E-state index in [-0.39, 0.29) is 12.2 Å². The van der Waals surface area contributed by atoms with Crippen molar-refractivity contribution in [2.75, 3.05) is 0 Å². The van der Waals surface area contributed by atoms with Gasteiger partial charge in [0, 0.05) is 12.5 Å². The molecule has 16 heavy (non-hydrogen) atoms. The van der Waals surface area contributed by atoms with Gasteiger partial charge in [-0.25, -0.2) is 9.97 Å². The number of aromatic nitrogens is 2. The maximum Gasteiger partial charge on any atom is 0.216 e. The molecule has 0 aliphatic heterocycles. The molecule has 1 aromatic rings. The Bertz CT molecular complexity index is 351. The van der Waals surface area contributed by atoms with E-state index >= 15 is 0 Å². The van der Waals surface area contributed by atoms with Crippen LogP contribution in [0.15, 0.2) is 12.4 Å². The molecule has 1 fully saturated rings. The van der Waals surface area contributed by atoms with Gasteiger partial charge in [0.1, 0.15) is 6.33 Å². The lowest BCUT2D eigenvalue weighted by Gasteiger charge is -2.11. The number of aliphatic hydroxyl groups excluding tert-OH is 1. The minimum Gasteiger partial charge on any atom is -0.475 e. The van der Waals surface area contributed by atoms with Gasteiger partial charge in [0.2, 0.25) is 5.88 Å². The standard InChI is InChI=1S/C12H18N2O2/c1-8(2)16-12-6-10(13-7-14-12)5-11(15)9-3-4-9/h6-9,11,15H,3-5H2,1-2H3. The van der Waals surface area contributed by atoms with Crippen molar-refractivity contribution in [2.24, 2.45) is 5.92 Å². The summed E-state index contributed by atoms with van der Waals surface area (Å²) in [5.74, 6) is 1.06. The molecule has 0 bridgehead atoms. The van der Waals surface area contributed by atoms with Gasteiger partial charge in [-0.15, -0.1) is 0 Å². The summed E-state index contributed by atoms with van der Waals surface area (Å²) in [6.45, 7) is 3.92. The Kier molecular flexibility index (Phi) is 3.39. The van der Waals surface area contributed by atoms with Crippen LogP contribution in [0.4, 0.5) is 0 Å². The number of aliphatic hydroxyl groups is 1. The number of ether oxygens (including phenoxy) is 1. The zero-order chi connectivity index (χ0) is 11.5. The maximum absolute atomic E-state index is 9.81. The monoisotopic (exact) mass is 222 g/mol. The summed E-state index contributed by atoms with van der Waals surface area (Å²) in [5.41, 5.74) is 0.852. The lowest BCUT2D eigenvalue weighted by atomic mass is 10.1. The highest BCUT2D eigenvalue weighted by Crippen LogP contribution is 2.33. The molecule has 88 valence electrons. The van der Waals surface area contributed by atoms with Crippen molar-refractivity contribution < 1.29 is 9.84 Å². The molecule has 1 saturated carbocycles. The summed E-state index contributed by atoms with van der Waals surface area (Å²) in [7, 11) is 0. The van der Waals surface area contributed by atoms with E-state index in [1.165, 1.54) is 6.33 Å². The van der Waals surface area contributed by atoms with Crippen molar-refractivity contribution in [3.05, 3.63) is 18.1 Å². The van der Waals surface area contributed by atoms with E-state index in [2.05, 4.69) is 9.97 Å². The average molecular weight is 222 g/mol. The topological polar surface area (TPSA) is 55.2 Å². The van der Waals surface area contributed by atoms with Gasteiger partial charge in [-0.1, -0.05) is 0 Å². The predicted molar refractivity (Wildman–Crippen MR) is 60.2 cm³/mol. The summed E-state index contributed by atoms with van der Waals surface area (Å²) >= 11 is 0. The fourth-order valence-corrected chi connectivity index (χ4v) is 1.66. The Hall–Kier alpha value is -1.16. The van der Waals surface area contributed by atoms with Crippen molar-refractivity contribution >= 4 is 0 Å². The summed E-state index contributed by atoms with van der Waals surface area (Å²) in [5, 5.41) is 9.81. The quantitative estimate of drug-likeness (QED) is 0.821. The summed E-state index contributed by atoms with van der Waals surface area (Å²) in [6, 6.07) is 1.81. The zero-order valence-corrected chi connectivity index (χ0v) is 9.76. The summed E-state index contributed by atoms with van der Waals surface area (Å²) < 4.78 is 5.48. The highest BCUT2D eigenvalue weighted by atomic mass is 16.5. The molecular formula is C12H18N2O2. The highest BCUT2D eigenvalue weighted by molar-refractivity contribution is 5.14. The van der Waals surface area contributed by atoms with Gasteiger partial charge in [-0.2, -0.15) is 0 Å². The van der Waals surface area contributed by atoms with Crippen LogP contribution in [0, 0.1) is 5.92 Å². The Balaban J connectivity index is 1.97. The number of nitrogens with zero attached hydrogens (tertiary/aromatic N) is 2. The van der Waals surface area contributed by atoms with Crippen molar-refractivity contribution in [1.29, 1.82) is 0 Å². The molecule has 4 nitrogen and oxygen atoms in total. The molecule has 1 atom stereocenters. The van der Waals surface area contributed by atoms with E-state index in [0.717, 1.165) is 18.5 Å². The molecule has 0 saturated heterocycles. The van der Waals surface area contributed by atoms with Crippen LogP contribution in [0.25, 0.3) is 0 Å². The van der Waals surface area contributed by atoms with E-state index in [9.17, 15) is 5.11 Å². The lowest BCUT2D eigenvalue weighted by Crippen LogP contribution is -2.14. The first-order valence-corrected chi connectivity index (χ1v) is 5.81. The Morgan fingerprint density at radius 1 is 1.44 bits per heavy atom. The molecular weight excluding hydrogens is 204 g/mol. The number of hydrogen-bond donors (Lipinski definition) is 1. The minimum absolute atomic E-state index is 0.108. The highest BCUT2D eigenvalue weighted by Gasteiger charge is 2.29. The van der Waals surface area contributed by atoms with Crippen LogP contribution in [0.5, 0.6) is 5.88 Å². The van der Waals surface area contributed by atoms with Crippen molar-refractivity contribution in [1.82, 2.24) is 9.97 Å². The smallest absolute Gasteiger partial charge is 0.216 e. The molecule has 1 N–H and O–H groups in total. The SMILES string of the molecule is CC(C)Oc1cc(CC(O)C2CC2)ncn1. The third-order valence-electron chi connectivity index (χ3n) is 2.64. The molecule has 1 aliphatic carbocycles. The normalized spacial score (nSPS) is 17.5. The molecule has 0 spiro atoms. The first-order chi connectivity index (χ1) is 7.65. The zero-order valence-electron chi connectivity index (χ0n) is 9.76. The van der Waals surface area contributed by atoms with Crippen LogP contribution in [-0.4, -0.2) is 27.3 Å².